The molecule has 0 aromatic rings. The van der Waals surface area contributed by atoms with E-state index in [9.17, 15) is 4.79 Å². The van der Waals surface area contributed by atoms with Gasteiger partial charge in [-0.3, -0.25) is 4.79 Å². The molecule has 3 nitrogen and oxygen atoms in total. The van der Waals surface area contributed by atoms with E-state index in [0.29, 0.717) is 12.8 Å². The quantitative estimate of drug-likeness (QED) is 0.569. The minimum Gasteiger partial charge on any atom is -0.396 e. The maximum absolute atomic E-state index is 10.9. The summed E-state index contributed by atoms with van der Waals surface area (Å²) in [4.78, 5) is 10.9. The highest BCUT2D eigenvalue weighted by molar-refractivity contribution is 5.77. The Morgan fingerprint density at radius 1 is 1.82 bits per heavy atom. The molecule has 64 valence electrons. The number of rotatable bonds is 5. The van der Waals surface area contributed by atoms with Gasteiger partial charge in [0.1, 0.15) is 0 Å². The molecule has 0 aromatic heterocycles. The largest absolute Gasteiger partial charge is 0.396 e. The Bertz CT molecular complexity index is 134. The van der Waals surface area contributed by atoms with Crippen LogP contribution >= 0.6 is 0 Å². The fourth-order valence-corrected chi connectivity index (χ4v) is 0.731. The minimum atomic E-state index is -0.0408. The lowest BCUT2D eigenvalue weighted by molar-refractivity contribution is -0.120. The lowest BCUT2D eigenvalue weighted by Crippen LogP contribution is -2.32. The Morgan fingerprint density at radius 3 is 2.91 bits per heavy atom. The topological polar surface area (TPSA) is 49.3 Å². The molecule has 0 aliphatic rings. The van der Waals surface area contributed by atoms with Crippen LogP contribution in [0.2, 0.25) is 0 Å². The summed E-state index contributed by atoms with van der Waals surface area (Å²) >= 11 is 0. The zero-order chi connectivity index (χ0) is 8.69. The van der Waals surface area contributed by atoms with E-state index in [-0.39, 0.29) is 18.6 Å². The van der Waals surface area contributed by atoms with E-state index in [1.807, 2.05) is 6.92 Å². The van der Waals surface area contributed by atoms with Crippen LogP contribution < -0.4 is 5.32 Å². The van der Waals surface area contributed by atoms with Crippen molar-refractivity contribution in [2.24, 2.45) is 0 Å². The summed E-state index contributed by atoms with van der Waals surface area (Å²) in [6.07, 6.45) is 2.50. The molecule has 1 amide bonds. The molecule has 0 fully saturated rings. The first kappa shape index (κ1) is 10.2. The van der Waals surface area contributed by atoms with Crippen molar-refractivity contribution in [2.45, 2.75) is 25.8 Å². The zero-order valence-corrected chi connectivity index (χ0v) is 6.84. The summed E-state index contributed by atoms with van der Waals surface area (Å²) in [5.41, 5.74) is 0. The van der Waals surface area contributed by atoms with Gasteiger partial charge in [-0.2, -0.15) is 0 Å². The van der Waals surface area contributed by atoms with Crippen molar-refractivity contribution in [1.29, 1.82) is 0 Å². The van der Waals surface area contributed by atoms with Crippen LogP contribution in [0.1, 0.15) is 19.8 Å². The van der Waals surface area contributed by atoms with Gasteiger partial charge >= 0.3 is 0 Å². The molecule has 0 aliphatic heterocycles. The van der Waals surface area contributed by atoms with Crippen molar-refractivity contribution in [3.05, 3.63) is 12.7 Å². The molecule has 0 aliphatic carbocycles. The SMILES string of the molecule is C=CCC(=O)NC(C)CCO. The fourth-order valence-electron chi connectivity index (χ4n) is 0.731. The van der Waals surface area contributed by atoms with E-state index in [4.69, 9.17) is 5.11 Å². The molecule has 0 heterocycles. The number of aliphatic hydroxyl groups excluding tert-OH is 1. The third kappa shape index (κ3) is 5.61. The molecule has 0 bridgehead atoms. The van der Waals surface area contributed by atoms with Gasteiger partial charge in [-0.1, -0.05) is 6.08 Å². The van der Waals surface area contributed by atoms with Gasteiger partial charge in [0.05, 0.1) is 0 Å². The summed E-state index contributed by atoms with van der Waals surface area (Å²) in [6, 6.07) is 0.0486. The van der Waals surface area contributed by atoms with Gasteiger partial charge in [0.15, 0.2) is 0 Å². The normalized spacial score (nSPS) is 12.2. The van der Waals surface area contributed by atoms with Crippen LogP contribution in [0, 0.1) is 0 Å². The Morgan fingerprint density at radius 2 is 2.45 bits per heavy atom. The first-order valence-electron chi connectivity index (χ1n) is 3.71. The average Bonchev–Trinajstić information content (AvgIpc) is 1.87. The molecule has 1 atom stereocenters. The summed E-state index contributed by atoms with van der Waals surface area (Å²) in [6.45, 7) is 5.41. The monoisotopic (exact) mass is 157 g/mol. The number of nitrogens with one attached hydrogen (secondary N) is 1. The predicted octanol–water partition coefficient (Wildman–Crippen LogP) is 0.450. The third-order valence-corrected chi connectivity index (χ3v) is 1.30. The maximum atomic E-state index is 10.9. The lowest BCUT2D eigenvalue weighted by Gasteiger charge is -2.10. The number of amides is 1. The Kier molecular flexibility index (Phi) is 5.47. The first-order chi connectivity index (χ1) is 5.20. The molecular weight excluding hydrogens is 142 g/mol. The van der Waals surface area contributed by atoms with Crippen molar-refractivity contribution in [1.82, 2.24) is 5.32 Å². The highest BCUT2D eigenvalue weighted by Gasteiger charge is 2.03. The maximum Gasteiger partial charge on any atom is 0.223 e. The average molecular weight is 157 g/mol. The van der Waals surface area contributed by atoms with Gasteiger partial charge in [0, 0.05) is 19.1 Å². The third-order valence-electron chi connectivity index (χ3n) is 1.30. The Balaban J connectivity index is 3.48. The number of carbonyl (C=O) groups is 1. The molecule has 0 saturated heterocycles. The predicted molar refractivity (Wildman–Crippen MR) is 44.1 cm³/mol. The molecule has 3 heteroatoms. The van der Waals surface area contributed by atoms with Crippen LogP contribution in [-0.2, 0) is 4.79 Å². The number of hydrogen-bond acceptors (Lipinski definition) is 2. The van der Waals surface area contributed by atoms with Crippen molar-refractivity contribution >= 4 is 5.91 Å². The van der Waals surface area contributed by atoms with Gasteiger partial charge in [-0.25, -0.2) is 0 Å². The Labute approximate surface area is 67.1 Å². The molecule has 0 rings (SSSR count). The summed E-state index contributed by atoms with van der Waals surface area (Å²) < 4.78 is 0. The van der Waals surface area contributed by atoms with E-state index >= 15 is 0 Å². The van der Waals surface area contributed by atoms with Crippen LogP contribution in [0.25, 0.3) is 0 Å². The van der Waals surface area contributed by atoms with Crippen LogP contribution in [0.5, 0.6) is 0 Å². The van der Waals surface area contributed by atoms with E-state index < -0.39 is 0 Å². The van der Waals surface area contributed by atoms with Crippen LogP contribution in [0.3, 0.4) is 0 Å². The van der Waals surface area contributed by atoms with Crippen molar-refractivity contribution in [2.75, 3.05) is 6.61 Å². The van der Waals surface area contributed by atoms with E-state index in [0.717, 1.165) is 0 Å². The molecule has 2 N–H and O–H groups in total. The van der Waals surface area contributed by atoms with Gasteiger partial charge in [-0.15, -0.1) is 6.58 Å². The zero-order valence-electron chi connectivity index (χ0n) is 6.84. The molecule has 11 heavy (non-hydrogen) atoms. The molecular formula is C8H15NO2. The summed E-state index contributed by atoms with van der Waals surface area (Å²) in [7, 11) is 0. The molecule has 0 spiro atoms. The minimum absolute atomic E-state index is 0.0408. The Hall–Kier alpha value is -0.830. The second kappa shape index (κ2) is 5.92. The van der Waals surface area contributed by atoms with Crippen LogP contribution in [-0.4, -0.2) is 23.7 Å². The second-order valence-corrected chi connectivity index (χ2v) is 2.47. The van der Waals surface area contributed by atoms with E-state index in [1.165, 1.54) is 0 Å². The smallest absolute Gasteiger partial charge is 0.223 e. The van der Waals surface area contributed by atoms with Crippen LogP contribution in [0.15, 0.2) is 12.7 Å². The van der Waals surface area contributed by atoms with E-state index in [1.54, 1.807) is 6.08 Å². The van der Waals surface area contributed by atoms with Crippen molar-refractivity contribution in [3.8, 4) is 0 Å². The highest BCUT2D eigenvalue weighted by Crippen LogP contribution is 1.89. The fraction of sp³-hybridized carbons (Fsp3) is 0.625. The number of hydrogen-bond donors (Lipinski definition) is 2. The second-order valence-electron chi connectivity index (χ2n) is 2.47. The number of aliphatic hydroxyl groups is 1. The molecule has 1 unspecified atom stereocenters. The van der Waals surface area contributed by atoms with Crippen molar-refractivity contribution in [3.63, 3.8) is 0 Å². The number of carbonyl (C=O) groups excluding carboxylic acids is 1. The van der Waals surface area contributed by atoms with E-state index in [2.05, 4.69) is 11.9 Å². The summed E-state index contributed by atoms with van der Waals surface area (Å²) in [5.74, 6) is -0.0408. The molecule has 0 saturated carbocycles. The van der Waals surface area contributed by atoms with Gasteiger partial charge < -0.3 is 10.4 Å². The lowest BCUT2D eigenvalue weighted by atomic mass is 10.2. The molecule has 0 aromatic carbocycles. The van der Waals surface area contributed by atoms with Gasteiger partial charge in [0.25, 0.3) is 0 Å². The van der Waals surface area contributed by atoms with Crippen LogP contribution in [0.4, 0.5) is 0 Å². The van der Waals surface area contributed by atoms with Crippen molar-refractivity contribution < 1.29 is 9.90 Å². The van der Waals surface area contributed by atoms with Gasteiger partial charge in [0.2, 0.25) is 5.91 Å². The highest BCUT2D eigenvalue weighted by atomic mass is 16.3. The first-order valence-corrected chi connectivity index (χ1v) is 3.71. The standard InChI is InChI=1S/C8H15NO2/c1-3-4-8(11)9-7(2)5-6-10/h3,7,10H,1,4-6H2,2H3,(H,9,11). The molecule has 0 radical (unpaired) electrons. The summed E-state index contributed by atoms with van der Waals surface area (Å²) in [5, 5.41) is 11.2. The van der Waals surface area contributed by atoms with Gasteiger partial charge in [-0.05, 0) is 13.3 Å².